The van der Waals surface area contributed by atoms with Crippen molar-refractivity contribution in [2.75, 3.05) is 25.0 Å². The molecule has 0 bridgehead atoms. The summed E-state index contributed by atoms with van der Waals surface area (Å²) in [5.74, 6) is 0.139. The van der Waals surface area contributed by atoms with Gasteiger partial charge in [-0.3, -0.25) is 10.1 Å². The molecule has 19 heavy (non-hydrogen) atoms. The normalized spacial score (nSPS) is 13.9. The number of hydrogen-bond acceptors (Lipinski definition) is 6. The number of amides is 3. The molecule has 1 aromatic rings. The first-order valence-electron chi connectivity index (χ1n) is 5.95. The topological polar surface area (TPSA) is 116 Å². The molecule has 1 heterocycles. The number of aromatic nitrogens is 2. The zero-order valence-electron chi connectivity index (χ0n) is 10.2. The largest absolute Gasteiger partial charge is 0.395 e. The van der Waals surface area contributed by atoms with Crippen molar-refractivity contribution in [3.63, 3.8) is 0 Å². The highest BCUT2D eigenvalue weighted by molar-refractivity contribution is 7.15. The fraction of sp³-hybridized carbons (Fsp3) is 0.600. The number of rotatable bonds is 6. The second-order valence-electron chi connectivity index (χ2n) is 4.10. The highest BCUT2D eigenvalue weighted by atomic mass is 32.1. The Hall–Kier alpha value is -1.74. The van der Waals surface area contributed by atoms with Gasteiger partial charge in [-0.25, -0.2) is 4.79 Å². The van der Waals surface area contributed by atoms with Crippen LogP contribution in [-0.2, 0) is 4.79 Å². The Morgan fingerprint density at radius 2 is 2.11 bits per heavy atom. The van der Waals surface area contributed by atoms with E-state index in [-0.39, 0.29) is 25.6 Å². The van der Waals surface area contributed by atoms with Crippen LogP contribution in [-0.4, -0.2) is 46.9 Å². The highest BCUT2D eigenvalue weighted by Gasteiger charge is 2.27. The first-order chi connectivity index (χ1) is 9.19. The maximum Gasteiger partial charge on any atom is 0.321 e. The molecule has 0 aliphatic heterocycles. The Balaban J connectivity index is 1.69. The van der Waals surface area contributed by atoms with Crippen molar-refractivity contribution in [1.29, 1.82) is 0 Å². The van der Waals surface area contributed by atoms with E-state index in [1.807, 2.05) is 0 Å². The third-order valence-corrected chi connectivity index (χ3v) is 3.43. The number of nitrogens with zero attached hydrogens (tertiary/aromatic N) is 2. The van der Waals surface area contributed by atoms with Crippen molar-refractivity contribution in [2.45, 2.75) is 18.8 Å². The van der Waals surface area contributed by atoms with E-state index in [9.17, 15) is 9.59 Å². The average molecular weight is 285 g/mol. The van der Waals surface area contributed by atoms with E-state index in [0.29, 0.717) is 11.0 Å². The smallest absolute Gasteiger partial charge is 0.321 e. The molecule has 3 amide bonds. The molecule has 1 saturated carbocycles. The lowest BCUT2D eigenvalue weighted by Crippen LogP contribution is -2.39. The number of hydrogen-bond donors (Lipinski definition) is 4. The summed E-state index contributed by atoms with van der Waals surface area (Å²) in [6.07, 6.45) is 2.26. The number of urea groups is 1. The third kappa shape index (κ3) is 4.45. The number of aliphatic hydroxyl groups is 1. The zero-order valence-corrected chi connectivity index (χ0v) is 11.0. The minimum absolute atomic E-state index is 0.132. The lowest BCUT2D eigenvalue weighted by molar-refractivity contribution is -0.120. The second-order valence-corrected chi connectivity index (χ2v) is 5.11. The fourth-order valence-electron chi connectivity index (χ4n) is 1.34. The van der Waals surface area contributed by atoms with Crippen LogP contribution in [0.5, 0.6) is 0 Å². The van der Waals surface area contributed by atoms with Crippen LogP contribution in [0.25, 0.3) is 0 Å². The number of anilines is 1. The average Bonchev–Trinajstić information content (AvgIpc) is 3.15. The molecule has 0 spiro atoms. The van der Waals surface area contributed by atoms with Gasteiger partial charge in [0.1, 0.15) is 5.01 Å². The standard InChI is InChI=1S/C10H15N5O3S/c16-4-3-11-7(17)5-12-9(18)13-10-15-14-8(19-10)6-1-2-6/h6,16H,1-5H2,(H,11,17)(H2,12,13,15,18). The van der Waals surface area contributed by atoms with Gasteiger partial charge in [-0.1, -0.05) is 11.3 Å². The molecule has 0 atom stereocenters. The predicted octanol–water partition coefficient (Wildman–Crippen LogP) is -0.355. The van der Waals surface area contributed by atoms with Crippen molar-refractivity contribution >= 4 is 28.4 Å². The molecule has 0 saturated heterocycles. The molecule has 104 valence electrons. The predicted molar refractivity (Wildman–Crippen MR) is 69.0 cm³/mol. The summed E-state index contributed by atoms with van der Waals surface area (Å²) in [7, 11) is 0. The van der Waals surface area contributed by atoms with Crippen molar-refractivity contribution in [1.82, 2.24) is 20.8 Å². The minimum Gasteiger partial charge on any atom is -0.395 e. The Bertz CT molecular complexity index is 460. The van der Waals surface area contributed by atoms with Crippen molar-refractivity contribution < 1.29 is 14.7 Å². The maximum absolute atomic E-state index is 11.5. The maximum atomic E-state index is 11.5. The van der Waals surface area contributed by atoms with E-state index >= 15 is 0 Å². The van der Waals surface area contributed by atoms with Crippen molar-refractivity contribution in [2.24, 2.45) is 0 Å². The summed E-state index contributed by atoms with van der Waals surface area (Å²) >= 11 is 1.35. The van der Waals surface area contributed by atoms with Crippen LogP contribution in [0.1, 0.15) is 23.8 Å². The van der Waals surface area contributed by atoms with Crippen molar-refractivity contribution in [3.8, 4) is 0 Å². The zero-order chi connectivity index (χ0) is 13.7. The SMILES string of the molecule is O=C(CNC(=O)Nc1nnc(C2CC2)s1)NCCO. The highest BCUT2D eigenvalue weighted by Crippen LogP contribution is 2.41. The van der Waals surface area contributed by atoms with Gasteiger partial charge in [0.2, 0.25) is 11.0 Å². The first-order valence-corrected chi connectivity index (χ1v) is 6.76. The van der Waals surface area contributed by atoms with Crippen LogP contribution >= 0.6 is 11.3 Å². The molecule has 4 N–H and O–H groups in total. The number of nitrogens with one attached hydrogen (secondary N) is 3. The molecule has 1 aliphatic rings. The second kappa shape index (κ2) is 6.43. The van der Waals surface area contributed by atoms with Crippen LogP contribution in [0.2, 0.25) is 0 Å². The van der Waals surface area contributed by atoms with E-state index < -0.39 is 6.03 Å². The van der Waals surface area contributed by atoms with Crippen LogP contribution in [0.4, 0.5) is 9.93 Å². The lowest BCUT2D eigenvalue weighted by atomic mass is 10.5. The molecule has 8 nitrogen and oxygen atoms in total. The van der Waals surface area contributed by atoms with Gasteiger partial charge in [0.25, 0.3) is 0 Å². The molecule has 0 radical (unpaired) electrons. The first kappa shape index (κ1) is 13.7. The van der Waals surface area contributed by atoms with E-state index in [4.69, 9.17) is 5.11 Å². The molecule has 1 fully saturated rings. The van der Waals surface area contributed by atoms with Gasteiger partial charge in [-0.15, -0.1) is 10.2 Å². The van der Waals surface area contributed by atoms with Gasteiger partial charge in [-0.05, 0) is 12.8 Å². The Kier molecular flexibility index (Phi) is 4.63. The Labute approximate surface area is 113 Å². The summed E-state index contributed by atoms with van der Waals surface area (Å²) < 4.78 is 0. The summed E-state index contributed by atoms with van der Waals surface area (Å²) in [6.45, 7) is -0.115. The summed E-state index contributed by atoms with van der Waals surface area (Å²) in [6, 6.07) is -0.502. The Morgan fingerprint density at radius 3 is 2.79 bits per heavy atom. The molecule has 0 unspecified atom stereocenters. The molecule has 0 aromatic carbocycles. The molecule has 1 aromatic heterocycles. The number of aliphatic hydroxyl groups excluding tert-OH is 1. The van der Waals surface area contributed by atoms with Gasteiger partial charge in [0.05, 0.1) is 13.2 Å². The Morgan fingerprint density at radius 1 is 1.32 bits per heavy atom. The van der Waals surface area contributed by atoms with Crippen LogP contribution < -0.4 is 16.0 Å². The molecule has 1 aliphatic carbocycles. The van der Waals surface area contributed by atoms with Gasteiger partial charge in [0.15, 0.2) is 0 Å². The minimum atomic E-state index is -0.502. The van der Waals surface area contributed by atoms with Gasteiger partial charge >= 0.3 is 6.03 Å². The van der Waals surface area contributed by atoms with E-state index in [0.717, 1.165) is 17.8 Å². The summed E-state index contributed by atoms with van der Waals surface area (Å²) in [5, 5.41) is 25.1. The van der Waals surface area contributed by atoms with Gasteiger partial charge < -0.3 is 15.7 Å². The lowest BCUT2D eigenvalue weighted by Gasteiger charge is -2.05. The molecular weight excluding hydrogens is 270 g/mol. The fourth-order valence-corrected chi connectivity index (χ4v) is 2.25. The number of carbonyl (C=O) groups excluding carboxylic acids is 2. The van der Waals surface area contributed by atoms with Crippen LogP contribution in [0, 0.1) is 0 Å². The van der Waals surface area contributed by atoms with E-state index in [2.05, 4.69) is 26.1 Å². The van der Waals surface area contributed by atoms with Crippen molar-refractivity contribution in [3.05, 3.63) is 5.01 Å². The molecule has 2 rings (SSSR count). The quantitative estimate of drug-likeness (QED) is 0.570. The van der Waals surface area contributed by atoms with Crippen LogP contribution in [0.3, 0.4) is 0 Å². The van der Waals surface area contributed by atoms with E-state index in [1.54, 1.807) is 0 Å². The monoisotopic (exact) mass is 285 g/mol. The summed E-state index contributed by atoms with van der Waals surface area (Å²) in [4.78, 5) is 22.6. The van der Waals surface area contributed by atoms with E-state index in [1.165, 1.54) is 11.3 Å². The number of carbonyl (C=O) groups is 2. The van der Waals surface area contributed by atoms with Gasteiger partial charge in [0, 0.05) is 12.5 Å². The molecular formula is C10H15N5O3S. The third-order valence-electron chi connectivity index (χ3n) is 2.43. The van der Waals surface area contributed by atoms with Crippen LogP contribution in [0.15, 0.2) is 0 Å². The van der Waals surface area contributed by atoms with Gasteiger partial charge in [-0.2, -0.15) is 0 Å². The molecule has 9 heteroatoms. The summed E-state index contributed by atoms with van der Waals surface area (Å²) in [5.41, 5.74) is 0.